The van der Waals surface area contributed by atoms with E-state index in [0.717, 1.165) is 29.8 Å². The Hall–Kier alpha value is -4.71. The number of pyridine rings is 1. The minimum atomic E-state index is -4.88. The van der Waals surface area contributed by atoms with Crippen LogP contribution in [-0.4, -0.2) is 35.2 Å². The van der Waals surface area contributed by atoms with E-state index in [9.17, 15) is 26.4 Å². The second-order valence-electron chi connectivity index (χ2n) is 8.38. The summed E-state index contributed by atoms with van der Waals surface area (Å²) in [4.78, 5) is 20.8. The van der Waals surface area contributed by atoms with E-state index in [1.165, 1.54) is 18.5 Å². The third kappa shape index (κ3) is 5.75. The van der Waals surface area contributed by atoms with Crippen LogP contribution in [0.3, 0.4) is 0 Å². The van der Waals surface area contributed by atoms with E-state index in [2.05, 4.69) is 20.0 Å². The highest BCUT2D eigenvalue weighted by atomic mass is 32.2. The lowest BCUT2D eigenvalue weighted by molar-refractivity contribution is -0.274. The predicted molar refractivity (Wildman–Crippen MR) is 135 cm³/mol. The molecule has 12 heteroatoms. The Bertz CT molecular complexity index is 1750. The molecule has 0 atom stereocenters. The molecule has 2 heterocycles. The first-order valence-electron chi connectivity index (χ1n) is 11.5. The normalized spacial score (nSPS) is 11.9. The maximum atomic E-state index is 13.2. The number of carbonyl (C=O) groups excluding carboxylic acids is 1. The number of imidazole rings is 1. The van der Waals surface area contributed by atoms with Crippen molar-refractivity contribution in [3.8, 4) is 11.4 Å². The lowest BCUT2D eigenvalue weighted by atomic mass is 10.1. The van der Waals surface area contributed by atoms with Gasteiger partial charge in [-0.25, -0.2) is 13.4 Å². The molecule has 39 heavy (non-hydrogen) atoms. The molecule has 0 saturated carbocycles. The van der Waals surface area contributed by atoms with Crippen molar-refractivity contribution < 1.29 is 31.1 Å². The fraction of sp³-hybridized carbons (Fsp3) is 0.0741. The number of alkyl halides is 3. The Morgan fingerprint density at radius 2 is 1.74 bits per heavy atom. The molecule has 0 fully saturated rings. The van der Waals surface area contributed by atoms with E-state index in [0.29, 0.717) is 28.8 Å². The zero-order valence-electron chi connectivity index (χ0n) is 20.0. The van der Waals surface area contributed by atoms with E-state index in [1.54, 1.807) is 53.4 Å². The quantitative estimate of drug-likeness (QED) is 0.302. The summed E-state index contributed by atoms with van der Waals surface area (Å²) in [5.41, 5.74) is 2.92. The lowest BCUT2D eigenvalue weighted by Crippen LogP contribution is -2.22. The van der Waals surface area contributed by atoms with Crippen LogP contribution in [0.1, 0.15) is 15.9 Å². The van der Waals surface area contributed by atoms with Crippen LogP contribution in [0, 0.1) is 0 Å². The van der Waals surface area contributed by atoms with Gasteiger partial charge in [-0.1, -0.05) is 12.1 Å². The minimum absolute atomic E-state index is 0.0576. The van der Waals surface area contributed by atoms with Crippen molar-refractivity contribution in [1.29, 1.82) is 0 Å². The van der Waals surface area contributed by atoms with Crippen molar-refractivity contribution in [2.75, 3.05) is 0 Å². The third-order valence-corrected chi connectivity index (χ3v) is 7.53. The molecule has 3 aromatic carbocycles. The van der Waals surface area contributed by atoms with Gasteiger partial charge in [0.15, 0.2) is 0 Å². The monoisotopic (exact) mass is 552 g/mol. The molecule has 0 saturated heterocycles. The van der Waals surface area contributed by atoms with Crippen LogP contribution in [-0.2, 0) is 16.4 Å². The van der Waals surface area contributed by atoms with Crippen LogP contribution in [0.2, 0.25) is 0 Å². The highest BCUT2D eigenvalue weighted by Gasteiger charge is 2.31. The Labute approximate surface area is 220 Å². The van der Waals surface area contributed by atoms with E-state index in [1.807, 2.05) is 6.07 Å². The molecule has 2 aromatic heterocycles. The number of nitrogens with one attached hydrogen (secondary N) is 1. The summed E-state index contributed by atoms with van der Waals surface area (Å²) in [7, 11) is -4.04. The molecule has 0 unspecified atom stereocenters. The molecule has 0 bridgehead atoms. The second-order valence-corrected chi connectivity index (χ2v) is 10.3. The third-order valence-electron chi connectivity index (χ3n) is 5.76. The van der Waals surface area contributed by atoms with Gasteiger partial charge in [0, 0.05) is 30.2 Å². The van der Waals surface area contributed by atoms with Crippen LogP contribution < -0.4 is 10.1 Å². The van der Waals surface area contributed by atoms with Crippen LogP contribution >= 0.6 is 0 Å². The molecular formula is C27H19F3N4O4S. The fourth-order valence-electron chi connectivity index (χ4n) is 3.90. The van der Waals surface area contributed by atoms with Gasteiger partial charge in [-0.2, -0.15) is 0 Å². The zero-order valence-corrected chi connectivity index (χ0v) is 20.8. The van der Waals surface area contributed by atoms with E-state index < -0.39 is 21.9 Å². The Balaban J connectivity index is 1.38. The smallest absolute Gasteiger partial charge is 0.406 e. The van der Waals surface area contributed by atoms with Crippen LogP contribution in [0.4, 0.5) is 13.2 Å². The van der Waals surface area contributed by atoms with Gasteiger partial charge < -0.3 is 10.1 Å². The van der Waals surface area contributed by atoms with Gasteiger partial charge in [0.2, 0.25) is 9.84 Å². The molecule has 5 aromatic rings. The van der Waals surface area contributed by atoms with Gasteiger partial charge in [0.05, 0.1) is 20.8 Å². The maximum absolute atomic E-state index is 13.2. The first-order valence-corrected chi connectivity index (χ1v) is 12.9. The van der Waals surface area contributed by atoms with Gasteiger partial charge in [-0.05, 0) is 72.3 Å². The van der Waals surface area contributed by atoms with Crippen molar-refractivity contribution in [2.45, 2.75) is 22.7 Å². The van der Waals surface area contributed by atoms with E-state index in [-0.39, 0.29) is 15.7 Å². The van der Waals surface area contributed by atoms with E-state index >= 15 is 0 Å². The molecule has 0 aliphatic heterocycles. The number of rotatable bonds is 7. The second kappa shape index (κ2) is 10.2. The molecule has 198 valence electrons. The summed E-state index contributed by atoms with van der Waals surface area (Å²) < 4.78 is 69.1. The van der Waals surface area contributed by atoms with Crippen LogP contribution in [0.15, 0.2) is 107 Å². The highest BCUT2D eigenvalue weighted by molar-refractivity contribution is 7.91. The first kappa shape index (κ1) is 25.9. The van der Waals surface area contributed by atoms with Crippen molar-refractivity contribution in [3.05, 3.63) is 109 Å². The SMILES string of the molecule is O=C(NCc1cccnc1)c1ccc2c(c1)ncn2-c1cccc(S(=O)(=O)c2ccc(OC(F)(F)F)cc2)c1. The number of aromatic nitrogens is 3. The largest absolute Gasteiger partial charge is 0.573 e. The number of sulfone groups is 1. The number of fused-ring (bicyclic) bond motifs is 1. The van der Waals surface area contributed by atoms with Crippen molar-refractivity contribution >= 4 is 26.8 Å². The topological polar surface area (TPSA) is 103 Å². The first-order chi connectivity index (χ1) is 18.6. The summed E-state index contributed by atoms with van der Waals surface area (Å²) in [6, 6.07) is 18.7. The number of carbonyl (C=O) groups is 1. The van der Waals surface area contributed by atoms with Crippen molar-refractivity contribution in [3.63, 3.8) is 0 Å². The number of hydrogen-bond donors (Lipinski definition) is 1. The van der Waals surface area contributed by atoms with Gasteiger partial charge >= 0.3 is 6.36 Å². The zero-order chi connectivity index (χ0) is 27.6. The molecule has 0 spiro atoms. The molecule has 1 amide bonds. The van der Waals surface area contributed by atoms with Crippen LogP contribution in [0.5, 0.6) is 5.75 Å². The lowest BCUT2D eigenvalue weighted by Gasteiger charge is -2.11. The van der Waals surface area contributed by atoms with Gasteiger partial charge in [0.1, 0.15) is 12.1 Å². The standard InChI is InChI=1S/C27H19F3N4O4S/c28-27(29,30)38-21-7-9-22(10-8-21)39(36,37)23-5-1-4-20(14-23)34-17-33-24-13-19(6-11-25(24)34)26(35)32-16-18-3-2-12-31-15-18/h1-15,17H,16H2,(H,32,35). The highest BCUT2D eigenvalue weighted by Crippen LogP contribution is 2.28. The Morgan fingerprint density at radius 1 is 0.949 bits per heavy atom. The summed E-state index contributed by atoms with van der Waals surface area (Å²) in [6.45, 7) is 0.318. The molecule has 0 radical (unpaired) electrons. The number of nitrogens with zero attached hydrogens (tertiary/aromatic N) is 3. The maximum Gasteiger partial charge on any atom is 0.573 e. The van der Waals surface area contributed by atoms with Crippen LogP contribution in [0.25, 0.3) is 16.7 Å². The average Bonchev–Trinajstić information content (AvgIpc) is 3.35. The van der Waals surface area contributed by atoms with Crippen molar-refractivity contribution in [1.82, 2.24) is 19.9 Å². The van der Waals surface area contributed by atoms with Gasteiger partial charge in [-0.3, -0.25) is 14.3 Å². The Kier molecular flexibility index (Phi) is 6.79. The predicted octanol–water partition coefficient (Wildman–Crippen LogP) is 5.08. The summed E-state index contributed by atoms with van der Waals surface area (Å²) in [5, 5.41) is 2.83. The number of halogens is 3. The number of ether oxygens (including phenoxy) is 1. The molecule has 0 aliphatic rings. The molecule has 8 nitrogen and oxygen atoms in total. The average molecular weight is 553 g/mol. The van der Waals surface area contributed by atoms with E-state index in [4.69, 9.17) is 0 Å². The number of amides is 1. The van der Waals surface area contributed by atoms with Gasteiger partial charge in [-0.15, -0.1) is 13.2 Å². The number of hydrogen-bond acceptors (Lipinski definition) is 6. The molecule has 1 N–H and O–H groups in total. The summed E-state index contributed by atoms with van der Waals surface area (Å²) in [6.07, 6.45) is -0.0599. The van der Waals surface area contributed by atoms with Crippen molar-refractivity contribution in [2.24, 2.45) is 0 Å². The summed E-state index contributed by atoms with van der Waals surface area (Å²) >= 11 is 0. The molecular weight excluding hydrogens is 533 g/mol. The molecule has 0 aliphatic carbocycles. The molecule has 5 rings (SSSR count). The minimum Gasteiger partial charge on any atom is -0.406 e. The number of benzene rings is 3. The summed E-state index contributed by atoms with van der Waals surface area (Å²) in [5.74, 6) is -0.805. The fourth-order valence-corrected chi connectivity index (χ4v) is 5.20. The van der Waals surface area contributed by atoms with Gasteiger partial charge in [0.25, 0.3) is 5.91 Å². The Morgan fingerprint density at radius 3 is 2.46 bits per heavy atom.